The molecule has 3 heteroatoms. The summed E-state index contributed by atoms with van der Waals surface area (Å²) < 4.78 is 9.41. The van der Waals surface area contributed by atoms with Crippen LogP contribution < -0.4 is 0 Å². The van der Waals surface area contributed by atoms with Crippen LogP contribution in [0.2, 0.25) is 0 Å². The van der Waals surface area contributed by atoms with Crippen LogP contribution in [0, 0.1) is 0 Å². The van der Waals surface area contributed by atoms with Gasteiger partial charge in [0.2, 0.25) is 0 Å². The molecule has 2 aliphatic rings. The Morgan fingerprint density at radius 2 is 1.17 bits per heavy atom. The number of nitrogens with zero attached hydrogens (tertiary/aromatic N) is 2. The van der Waals surface area contributed by atoms with Crippen LogP contribution in [0.5, 0.6) is 0 Å². The number of aromatic nitrogens is 1. The third-order valence-electron chi connectivity index (χ3n) is 13.9. The van der Waals surface area contributed by atoms with Gasteiger partial charge in [-0.05, 0) is 85.9 Å². The zero-order chi connectivity index (χ0) is 39.9. The van der Waals surface area contributed by atoms with Crippen molar-refractivity contribution in [1.29, 1.82) is 0 Å². The minimum atomic E-state index is -0.186. The average Bonchev–Trinajstić information content (AvgIpc) is 3.85. The van der Waals surface area contributed by atoms with E-state index in [1.807, 2.05) is 0 Å². The number of furan rings is 1. The Morgan fingerprint density at radius 1 is 0.550 bits per heavy atom. The van der Waals surface area contributed by atoms with Crippen molar-refractivity contribution < 1.29 is 4.42 Å². The van der Waals surface area contributed by atoms with Gasteiger partial charge in [0, 0.05) is 49.0 Å². The molecule has 0 atom stereocenters. The molecule has 3 nitrogen and oxygen atoms in total. The summed E-state index contributed by atoms with van der Waals surface area (Å²) in [6, 6.07) is 60.2. The van der Waals surface area contributed by atoms with Gasteiger partial charge in [-0.2, -0.15) is 0 Å². The number of fused-ring (bicyclic) bond motifs is 16. The lowest BCUT2D eigenvalue weighted by Gasteiger charge is -2.26. The molecule has 0 fully saturated rings. The van der Waals surface area contributed by atoms with Gasteiger partial charge in [0.05, 0.1) is 16.7 Å². The van der Waals surface area contributed by atoms with Crippen LogP contribution in [-0.2, 0) is 5.41 Å². The molecule has 284 valence electrons. The van der Waals surface area contributed by atoms with Gasteiger partial charge >= 0.3 is 0 Å². The Hall–Kier alpha value is -7.23. The fourth-order valence-electron chi connectivity index (χ4n) is 11.0. The standard InChI is InChI=1S/C57H40N2O/c1-4-33-31-47-54(43-23-11-13-26-46(43)57(47,2)3)58-56(51(33)44-25-15-24-42-39-21-12-14-27-50(39)60-55(42)44)59-48-29-28-41-38-20-8-7-18-36(38)37-19-9-10-22-40(37)52(41)53(48)45-30-34-16-5-6-17-35(34)32-49(45)59/h5-30,32H,4,31H2,1-3H3. The van der Waals surface area contributed by atoms with E-state index in [9.17, 15) is 0 Å². The first-order chi connectivity index (χ1) is 29.5. The van der Waals surface area contributed by atoms with Crippen LogP contribution >= 0.6 is 0 Å². The maximum absolute atomic E-state index is 6.89. The SMILES string of the molecule is CCC1=C(c2cccc3c2oc2ccccc23)C(n2c3cc4ccccc4cc3c3c4c5ccccc5c5ccccc5c4ccc32)=NC2=C(C1)C(C)(C)c1ccccc12. The molecular formula is C57H40N2O. The van der Waals surface area contributed by atoms with Crippen LogP contribution in [-0.4, -0.2) is 10.4 Å². The van der Waals surface area contributed by atoms with Gasteiger partial charge in [0.1, 0.15) is 17.0 Å². The molecule has 1 aliphatic heterocycles. The lowest BCUT2D eigenvalue weighted by Crippen LogP contribution is -2.19. The molecule has 13 rings (SSSR count). The molecule has 60 heavy (non-hydrogen) atoms. The number of hydrogen-bond donors (Lipinski definition) is 0. The summed E-state index contributed by atoms with van der Waals surface area (Å²) in [5, 5.41) is 14.8. The molecule has 0 bridgehead atoms. The molecule has 0 radical (unpaired) electrons. The molecule has 3 heterocycles. The van der Waals surface area contributed by atoms with Gasteiger partial charge in [-0.3, -0.25) is 4.57 Å². The van der Waals surface area contributed by atoms with Crippen LogP contribution in [0.25, 0.3) is 98.1 Å². The average molecular weight is 769 g/mol. The summed E-state index contributed by atoms with van der Waals surface area (Å²) in [6.45, 7) is 7.09. The Morgan fingerprint density at radius 3 is 1.95 bits per heavy atom. The zero-order valence-electron chi connectivity index (χ0n) is 33.8. The quantitative estimate of drug-likeness (QED) is 0.161. The van der Waals surface area contributed by atoms with Crippen molar-refractivity contribution in [2.75, 3.05) is 0 Å². The first-order valence-electron chi connectivity index (χ1n) is 21.2. The smallest absolute Gasteiger partial charge is 0.146 e. The van der Waals surface area contributed by atoms with Crippen molar-refractivity contribution in [3.8, 4) is 0 Å². The number of para-hydroxylation sites is 2. The highest BCUT2D eigenvalue weighted by molar-refractivity contribution is 6.39. The molecular weight excluding hydrogens is 729 g/mol. The highest BCUT2D eigenvalue weighted by Crippen LogP contribution is 2.53. The predicted molar refractivity (Wildman–Crippen MR) is 254 cm³/mol. The maximum Gasteiger partial charge on any atom is 0.146 e. The van der Waals surface area contributed by atoms with Gasteiger partial charge in [0.15, 0.2) is 0 Å². The molecule has 0 saturated carbocycles. The first kappa shape index (κ1) is 33.7. The van der Waals surface area contributed by atoms with Gasteiger partial charge < -0.3 is 4.42 Å². The second kappa shape index (κ2) is 12.2. The molecule has 9 aromatic carbocycles. The number of rotatable bonds is 2. The molecule has 0 spiro atoms. The molecule has 0 amide bonds. The largest absolute Gasteiger partial charge is 0.455 e. The van der Waals surface area contributed by atoms with Gasteiger partial charge in [-0.15, -0.1) is 0 Å². The van der Waals surface area contributed by atoms with Gasteiger partial charge in [-0.1, -0.05) is 166 Å². The van der Waals surface area contributed by atoms with Crippen LogP contribution in [0.4, 0.5) is 0 Å². The van der Waals surface area contributed by atoms with Crippen molar-refractivity contribution in [2.45, 2.75) is 39.0 Å². The van der Waals surface area contributed by atoms with Crippen LogP contribution in [0.15, 0.2) is 184 Å². The van der Waals surface area contributed by atoms with E-state index in [2.05, 4.69) is 189 Å². The van der Waals surface area contributed by atoms with Crippen molar-refractivity contribution in [2.24, 2.45) is 4.99 Å². The van der Waals surface area contributed by atoms with Gasteiger partial charge in [0.25, 0.3) is 0 Å². The molecule has 0 saturated heterocycles. The third kappa shape index (κ3) is 4.42. The fourth-order valence-corrected chi connectivity index (χ4v) is 11.0. The zero-order valence-corrected chi connectivity index (χ0v) is 33.8. The number of aliphatic imine (C=N–C) groups is 1. The van der Waals surface area contributed by atoms with Gasteiger partial charge in [-0.25, -0.2) is 4.99 Å². The van der Waals surface area contributed by atoms with Crippen molar-refractivity contribution in [1.82, 2.24) is 4.57 Å². The van der Waals surface area contributed by atoms with E-state index in [1.54, 1.807) is 0 Å². The van der Waals surface area contributed by atoms with Crippen molar-refractivity contribution in [3.63, 3.8) is 0 Å². The minimum absolute atomic E-state index is 0.186. The second-order valence-electron chi connectivity index (χ2n) is 17.2. The maximum atomic E-state index is 6.89. The van der Waals surface area contributed by atoms with E-state index in [0.29, 0.717) is 0 Å². The summed E-state index contributed by atoms with van der Waals surface area (Å²) in [5.41, 5.74) is 12.5. The van der Waals surface area contributed by atoms with E-state index in [0.717, 1.165) is 68.5 Å². The molecule has 2 aromatic heterocycles. The highest BCUT2D eigenvalue weighted by atomic mass is 16.3. The second-order valence-corrected chi connectivity index (χ2v) is 17.2. The monoisotopic (exact) mass is 768 g/mol. The molecule has 0 unspecified atom stereocenters. The lowest BCUT2D eigenvalue weighted by atomic mass is 9.78. The van der Waals surface area contributed by atoms with E-state index in [4.69, 9.17) is 9.41 Å². The van der Waals surface area contributed by atoms with Crippen LogP contribution in [0.3, 0.4) is 0 Å². The summed E-state index contributed by atoms with van der Waals surface area (Å²) in [4.78, 5) is 6.07. The lowest BCUT2D eigenvalue weighted by molar-refractivity contribution is 0.618. The summed E-state index contributed by atoms with van der Waals surface area (Å²) in [6.07, 6.45) is 1.69. The number of benzene rings is 9. The summed E-state index contributed by atoms with van der Waals surface area (Å²) >= 11 is 0. The van der Waals surface area contributed by atoms with Crippen molar-refractivity contribution >= 4 is 104 Å². The van der Waals surface area contributed by atoms with E-state index in [-0.39, 0.29) is 5.41 Å². The number of allylic oxidation sites excluding steroid dienone is 3. The summed E-state index contributed by atoms with van der Waals surface area (Å²) in [5.74, 6) is 0.942. The van der Waals surface area contributed by atoms with Crippen molar-refractivity contribution in [3.05, 3.63) is 192 Å². The Bertz CT molecular complexity index is 3770. The van der Waals surface area contributed by atoms with E-state index < -0.39 is 0 Å². The predicted octanol–water partition coefficient (Wildman–Crippen LogP) is 15.5. The van der Waals surface area contributed by atoms with Crippen LogP contribution in [0.1, 0.15) is 50.3 Å². The topological polar surface area (TPSA) is 30.4 Å². The Labute approximate surface area is 347 Å². The molecule has 11 aromatic rings. The normalized spacial score (nSPS) is 15.3. The minimum Gasteiger partial charge on any atom is -0.455 e. The Kier molecular flexibility index (Phi) is 6.83. The summed E-state index contributed by atoms with van der Waals surface area (Å²) in [7, 11) is 0. The Balaban J connectivity index is 1.25. The van der Waals surface area contributed by atoms with E-state index >= 15 is 0 Å². The van der Waals surface area contributed by atoms with E-state index in [1.165, 1.54) is 76.1 Å². The third-order valence-corrected chi connectivity index (χ3v) is 13.9. The number of hydrogen-bond acceptors (Lipinski definition) is 2. The fraction of sp³-hybridized carbons (Fsp3) is 0.105. The highest BCUT2D eigenvalue weighted by Gasteiger charge is 2.40. The molecule has 1 aliphatic carbocycles. The molecule has 0 N–H and O–H groups in total. The first-order valence-corrected chi connectivity index (χ1v) is 21.2.